The molecule has 7 heteroatoms. The molecule has 2 rings (SSSR count). The molecule has 2 heterocycles. The highest BCUT2D eigenvalue weighted by atomic mass is 35.5. The summed E-state index contributed by atoms with van der Waals surface area (Å²) >= 11 is 5.83. The second-order valence-electron chi connectivity index (χ2n) is 4.27. The van der Waals surface area contributed by atoms with E-state index in [1.54, 1.807) is 4.90 Å². The summed E-state index contributed by atoms with van der Waals surface area (Å²) in [6.07, 6.45) is -2.72. The van der Waals surface area contributed by atoms with E-state index in [0.717, 1.165) is 18.7 Å². The van der Waals surface area contributed by atoms with Crippen molar-refractivity contribution in [2.75, 3.05) is 18.0 Å². The number of rotatable bonds is 1. The van der Waals surface area contributed by atoms with Gasteiger partial charge in [-0.3, -0.25) is 0 Å². The maximum atomic E-state index is 12.5. The largest absolute Gasteiger partial charge is 0.417 e. The first-order valence-electron chi connectivity index (χ1n) is 5.53. The number of hydrogen-bond donors (Lipinski definition) is 1. The highest BCUT2D eigenvalue weighted by molar-refractivity contribution is 6.33. The summed E-state index contributed by atoms with van der Waals surface area (Å²) in [5.74, 6) is 0.295. The highest BCUT2D eigenvalue weighted by Gasteiger charge is 2.32. The molecule has 1 saturated heterocycles. The molecule has 3 nitrogen and oxygen atoms in total. The van der Waals surface area contributed by atoms with Gasteiger partial charge in [-0.15, -0.1) is 0 Å². The maximum absolute atomic E-state index is 12.5. The minimum atomic E-state index is -4.45. The molecule has 1 fully saturated rings. The van der Waals surface area contributed by atoms with E-state index in [1.807, 2.05) is 0 Å². The van der Waals surface area contributed by atoms with Gasteiger partial charge in [0.15, 0.2) is 0 Å². The van der Waals surface area contributed by atoms with E-state index >= 15 is 0 Å². The Labute approximate surface area is 107 Å². The zero-order valence-corrected chi connectivity index (χ0v) is 10.2. The Hall–Kier alpha value is -1.01. The summed E-state index contributed by atoms with van der Waals surface area (Å²) in [5, 5.41) is 9.48. The van der Waals surface area contributed by atoms with E-state index in [9.17, 15) is 18.3 Å². The Morgan fingerprint density at radius 3 is 2.72 bits per heavy atom. The van der Waals surface area contributed by atoms with Gasteiger partial charge in [0, 0.05) is 19.3 Å². The molecule has 1 aliphatic heterocycles. The third-order valence-electron chi connectivity index (χ3n) is 2.85. The summed E-state index contributed by atoms with van der Waals surface area (Å²) in [5.41, 5.74) is -0.867. The van der Waals surface area contributed by atoms with Crippen LogP contribution in [0.15, 0.2) is 12.3 Å². The van der Waals surface area contributed by atoms with Crippen molar-refractivity contribution < 1.29 is 18.3 Å². The van der Waals surface area contributed by atoms with Crippen molar-refractivity contribution in [1.29, 1.82) is 0 Å². The Bertz CT molecular complexity index is 439. The van der Waals surface area contributed by atoms with Crippen molar-refractivity contribution >= 4 is 17.4 Å². The van der Waals surface area contributed by atoms with Gasteiger partial charge in [-0.05, 0) is 18.9 Å². The number of alkyl halides is 3. The van der Waals surface area contributed by atoms with Crippen molar-refractivity contribution in [3.8, 4) is 0 Å². The molecule has 1 N–H and O–H groups in total. The Balaban J connectivity index is 2.24. The molecular formula is C11H12ClF3N2O. The van der Waals surface area contributed by atoms with Crippen LogP contribution in [0.3, 0.4) is 0 Å². The first kappa shape index (κ1) is 13.4. The van der Waals surface area contributed by atoms with Crippen LogP contribution in [0.4, 0.5) is 19.0 Å². The quantitative estimate of drug-likeness (QED) is 0.859. The lowest BCUT2D eigenvalue weighted by molar-refractivity contribution is -0.137. The number of nitrogens with zero attached hydrogens (tertiary/aromatic N) is 2. The summed E-state index contributed by atoms with van der Waals surface area (Å²) in [6, 6.07) is 0.866. The topological polar surface area (TPSA) is 36.4 Å². The van der Waals surface area contributed by atoms with Gasteiger partial charge in [-0.1, -0.05) is 11.6 Å². The van der Waals surface area contributed by atoms with Gasteiger partial charge in [0.2, 0.25) is 0 Å². The molecule has 1 aromatic rings. The van der Waals surface area contributed by atoms with Gasteiger partial charge in [0.05, 0.1) is 16.7 Å². The molecule has 0 unspecified atom stereocenters. The third-order valence-corrected chi connectivity index (χ3v) is 3.12. The predicted molar refractivity (Wildman–Crippen MR) is 61.7 cm³/mol. The third kappa shape index (κ3) is 2.87. The number of halogens is 4. The first-order valence-corrected chi connectivity index (χ1v) is 5.91. The fourth-order valence-corrected chi connectivity index (χ4v) is 2.25. The van der Waals surface area contributed by atoms with E-state index in [1.165, 1.54) is 0 Å². The van der Waals surface area contributed by atoms with Crippen LogP contribution in [-0.4, -0.2) is 29.3 Å². The van der Waals surface area contributed by atoms with Gasteiger partial charge in [-0.2, -0.15) is 13.2 Å². The van der Waals surface area contributed by atoms with E-state index < -0.39 is 17.8 Å². The number of aliphatic hydroxyl groups excluding tert-OH is 1. The molecule has 0 spiro atoms. The van der Waals surface area contributed by atoms with Gasteiger partial charge >= 0.3 is 6.18 Å². The van der Waals surface area contributed by atoms with E-state index in [2.05, 4.69) is 4.98 Å². The number of piperidine rings is 1. The zero-order chi connectivity index (χ0) is 13.3. The van der Waals surface area contributed by atoms with Crippen LogP contribution in [0.1, 0.15) is 18.4 Å². The predicted octanol–water partition coefficient (Wildman–Crippen LogP) is 2.71. The van der Waals surface area contributed by atoms with Crippen LogP contribution in [0.25, 0.3) is 0 Å². The molecule has 1 aromatic heterocycles. The SMILES string of the molecule is O[C@@H]1CCCN(c2ncc(C(F)(F)F)cc2Cl)C1. The Morgan fingerprint density at radius 2 is 2.17 bits per heavy atom. The van der Waals surface area contributed by atoms with Crippen molar-refractivity contribution in [3.63, 3.8) is 0 Å². The molecular weight excluding hydrogens is 269 g/mol. The van der Waals surface area contributed by atoms with E-state index in [-0.39, 0.29) is 5.02 Å². The molecule has 0 amide bonds. The van der Waals surface area contributed by atoms with Gasteiger partial charge in [-0.25, -0.2) is 4.98 Å². The molecule has 0 aliphatic carbocycles. The molecule has 18 heavy (non-hydrogen) atoms. The minimum Gasteiger partial charge on any atom is -0.391 e. The number of hydrogen-bond acceptors (Lipinski definition) is 3. The standard InChI is InChI=1S/C11H12ClF3N2O/c12-9-4-7(11(13,14)15)5-16-10(9)17-3-1-2-8(18)6-17/h4-5,8,18H,1-3,6H2/t8-/m1/s1. The Morgan fingerprint density at radius 1 is 1.44 bits per heavy atom. The van der Waals surface area contributed by atoms with Crippen molar-refractivity contribution in [2.24, 2.45) is 0 Å². The van der Waals surface area contributed by atoms with Crippen LogP contribution in [0, 0.1) is 0 Å². The molecule has 0 radical (unpaired) electrons. The minimum absolute atomic E-state index is 0.0427. The number of aliphatic hydroxyl groups is 1. The summed E-state index contributed by atoms with van der Waals surface area (Å²) in [4.78, 5) is 5.47. The summed E-state index contributed by atoms with van der Waals surface area (Å²) in [6.45, 7) is 0.979. The number of pyridine rings is 1. The normalized spacial score (nSPS) is 21.2. The molecule has 1 atom stereocenters. The lowest BCUT2D eigenvalue weighted by Crippen LogP contribution is -2.38. The first-order chi connectivity index (χ1) is 8.38. The van der Waals surface area contributed by atoms with Crippen LogP contribution in [-0.2, 0) is 6.18 Å². The van der Waals surface area contributed by atoms with Crippen molar-refractivity contribution in [2.45, 2.75) is 25.1 Å². The second kappa shape index (κ2) is 4.93. The summed E-state index contributed by atoms with van der Waals surface area (Å²) in [7, 11) is 0. The van der Waals surface area contributed by atoms with Crippen LogP contribution < -0.4 is 4.90 Å². The molecule has 0 bridgehead atoms. The number of anilines is 1. The lowest BCUT2D eigenvalue weighted by atomic mass is 10.1. The fraction of sp³-hybridized carbons (Fsp3) is 0.545. The fourth-order valence-electron chi connectivity index (χ4n) is 1.97. The van der Waals surface area contributed by atoms with Crippen molar-refractivity contribution in [3.05, 3.63) is 22.8 Å². The molecule has 0 saturated carbocycles. The Kier molecular flexibility index (Phi) is 3.68. The van der Waals surface area contributed by atoms with Gasteiger partial charge < -0.3 is 10.0 Å². The van der Waals surface area contributed by atoms with Gasteiger partial charge in [0.25, 0.3) is 0 Å². The number of aromatic nitrogens is 1. The monoisotopic (exact) mass is 280 g/mol. The maximum Gasteiger partial charge on any atom is 0.417 e. The number of β-amino-alcohol motifs (C(OH)–C–C–N with tert-alkyl or cyclic N) is 1. The lowest BCUT2D eigenvalue weighted by Gasteiger charge is -2.31. The average molecular weight is 281 g/mol. The van der Waals surface area contributed by atoms with E-state index in [0.29, 0.717) is 25.3 Å². The van der Waals surface area contributed by atoms with E-state index in [4.69, 9.17) is 11.6 Å². The van der Waals surface area contributed by atoms with Crippen molar-refractivity contribution in [1.82, 2.24) is 4.98 Å². The average Bonchev–Trinajstić information content (AvgIpc) is 2.27. The molecule has 0 aromatic carbocycles. The molecule has 100 valence electrons. The van der Waals surface area contributed by atoms with Crippen LogP contribution in [0.2, 0.25) is 5.02 Å². The second-order valence-corrected chi connectivity index (χ2v) is 4.68. The molecule has 1 aliphatic rings. The summed E-state index contributed by atoms with van der Waals surface area (Å²) < 4.78 is 37.4. The smallest absolute Gasteiger partial charge is 0.391 e. The van der Waals surface area contributed by atoms with Crippen LogP contribution >= 0.6 is 11.6 Å². The van der Waals surface area contributed by atoms with Crippen LogP contribution in [0.5, 0.6) is 0 Å². The highest BCUT2D eigenvalue weighted by Crippen LogP contribution is 2.34. The zero-order valence-electron chi connectivity index (χ0n) is 9.41. The van der Waals surface area contributed by atoms with Gasteiger partial charge in [0.1, 0.15) is 5.82 Å².